The fraction of sp³-hybridized carbons (Fsp3) is 0.250. The lowest BCUT2D eigenvalue weighted by Gasteiger charge is -2.12. The highest BCUT2D eigenvalue weighted by molar-refractivity contribution is 5.53. The third-order valence-corrected chi connectivity index (χ3v) is 3.19. The maximum Gasteiger partial charge on any atom is 0.203 e. The minimum Gasteiger partial charge on any atom is -0.508 e. The lowest BCUT2D eigenvalue weighted by Crippen LogP contribution is -1.96. The number of para-hydroxylation sites is 1. The highest BCUT2D eigenvalue weighted by Gasteiger charge is 2.12. The number of ether oxygens (including phenoxy) is 2. The molecule has 0 aliphatic heterocycles. The average molecular weight is 274 g/mol. The van der Waals surface area contributed by atoms with Crippen LogP contribution in [0.1, 0.15) is 11.1 Å². The van der Waals surface area contributed by atoms with E-state index in [9.17, 15) is 10.2 Å². The van der Waals surface area contributed by atoms with Gasteiger partial charge in [-0.1, -0.05) is 18.2 Å². The van der Waals surface area contributed by atoms with Crippen molar-refractivity contribution >= 4 is 0 Å². The fourth-order valence-electron chi connectivity index (χ4n) is 2.15. The van der Waals surface area contributed by atoms with E-state index in [1.54, 1.807) is 18.2 Å². The van der Waals surface area contributed by atoms with Crippen molar-refractivity contribution in [1.82, 2.24) is 0 Å². The van der Waals surface area contributed by atoms with Crippen molar-refractivity contribution in [3.63, 3.8) is 0 Å². The van der Waals surface area contributed by atoms with Gasteiger partial charge in [0.2, 0.25) is 5.75 Å². The molecule has 0 heterocycles. The van der Waals surface area contributed by atoms with Crippen molar-refractivity contribution in [3.8, 4) is 23.0 Å². The van der Waals surface area contributed by atoms with Gasteiger partial charge in [-0.05, 0) is 42.2 Å². The molecule has 0 radical (unpaired) electrons. The second kappa shape index (κ2) is 6.19. The zero-order valence-electron chi connectivity index (χ0n) is 11.6. The van der Waals surface area contributed by atoms with Crippen molar-refractivity contribution in [1.29, 1.82) is 0 Å². The van der Waals surface area contributed by atoms with E-state index in [1.807, 2.05) is 18.2 Å². The largest absolute Gasteiger partial charge is 0.508 e. The summed E-state index contributed by atoms with van der Waals surface area (Å²) >= 11 is 0. The summed E-state index contributed by atoms with van der Waals surface area (Å²) in [6, 6.07) is 10.7. The normalized spacial score (nSPS) is 10.3. The van der Waals surface area contributed by atoms with E-state index < -0.39 is 0 Å². The number of phenols is 2. The quantitative estimate of drug-likeness (QED) is 0.880. The van der Waals surface area contributed by atoms with Crippen LogP contribution in [0.15, 0.2) is 36.4 Å². The Labute approximate surface area is 118 Å². The molecule has 20 heavy (non-hydrogen) atoms. The van der Waals surface area contributed by atoms with Crippen molar-refractivity contribution in [3.05, 3.63) is 47.5 Å². The summed E-state index contributed by atoms with van der Waals surface area (Å²) in [5.41, 5.74) is 1.80. The lowest BCUT2D eigenvalue weighted by molar-refractivity contribution is 0.332. The van der Waals surface area contributed by atoms with Gasteiger partial charge in [-0.3, -0.25) is 0 Å². The maximum absolute atomic E-state index is 9.90. The summed E-state index contributed by atoms with van der Waals surface area (Å²) in [5.74, 6) is 1.18. The van der Waals surface area contributed by atoms with Gasteiger partial charge in [-0.2, -0.15) is 0 Å². The molecule has 0 bridgehead atoms. The predicted molar refractivity (Wildman–Crippen MR) is 76.7 cm³/mol. The highest BCUT2D eigenvalue weighted by Crippen LogP contribution is 2.37. The second-order valence-corrected chi connectivity index (χ2v) is 4.48. The summed E-state index contributed by atoms with van der Waals surface area (Å²) in [6.45, 7) is 0. The average Bonchev–Trinajstić information content (AvgIpc) is 2.45. The van der Waals surface area contributed by atoms with Crippen molar-refractivity contribution in [2.75, 3.05) is 14.2 Å². The number of hydrogen-bond donors (Lipinski definition) is 2. The molecule has 0 fully saturated rings. The van der Waals surface area contributed by atoms with Crippen molar-refractivity contribution < 1.29 is 19.7 Å². The molecule has 2 aromatic rings. The van der Waals surface area contributed by atoms with E-state index in [1.165, 1.54) is 14.2 Å². The third-order valence-electron chi connectivity index (χ3n) is 3.19. The second-order valence-electron chi connectivity index (χ2n) is 4.48. The number of aromatic hydroxyl groups is 2. The van der Waals surface area contributed by atoms with Crippen molar-refractivity contribution in [2.24, 2.45) is 0 Å². The van der Waals surface area contributed by atoms with Gasteiger partial charge in [0.1, 0.15) is 5.75 Å². The Kier molecular flexibility index (Phi) is 4.35. The Morgan fingerprint density at radius 3 is 2.30 bits per heavy atom. The maximum atomic E-state index is 9.90. The van der Waals surface area contributed by atoms with Gasteiger partial charge in [0.25, 0.3) is 0 Å². The number of rotatable bonds is 5. The van der Waals surface area contributed by atoms with E-state index in [4.69, 9.17) is 9.47 Å². The van der Waals surface area contributed by atoms with Crippen molar-refractivity contribution in [2.45, 2.75) is 12.8 Å². The Morgan fingerprint density at radius 2 is 1.65 bits per heavy atom. The third kappa shape index (κ3) is 2.96. The SMILES string of the molecule is COc1cc(CCc2ccccc2O)cc(O)c1OC. The minimum atomic E-state index is 0.0548. The Balaban J connectivity index is 2.18. The molecule has 4 heteroatoms. The first-order chi connectivity index (χ1) is 9.65. The monoisotopic (exact) mass is 274 g/mol. The zero-order chi connectivity index (χ0) is 14.5. The molecular weight excluding hydrogens is 256 g/mol. The summed E-state index contributed by atoms with van der Waals surface area (Å²) in [6.07, 6.45) is 1.37. The van der Waals surface area contributed by atoms with Gasteiger partial charge in [0.05, 0.1) is 14.2 Å². The number of phenolic OH excluding ortho intramolecular Hbond substituents is 2. The molecule has 0 aliphatic carbocycles. The number of aryl methyl sites for hydroxylation is 2. The van der Waals surface area contributed by atoms with E-state index in [0.29, 0.717) is 24.3 Å². The molecule has 0 aliphatic rings. The first-order valence-electron chi connectivity index (χ1n) is 6.36. The van der Waals surface area contributed by atoms with E-state index in [2.05, 4.69) is 0 Å². The number of hydrogen-bond acceptors (Lipinski definition) is 4. The Morgan fingerprint density at radius 1 is 0.900 bits per heavy atom. The molecule has 0 unspecified atom stereocenters. The molecule has 4 nitrogen and oxygen atoms in total. The Bertz CT molecular complexity index is 593. The van der Waals surface area contributed by atoms with Gasteiger partial charge in [0, 0.05) is 0 Å². The highest BCUT2D eigenvalue weighted by atomic mass is 16.5. The molecular formula is C16H18O4. The molecule has 0 saturated carbocycles. The van der Waals surface area contributed by atoms with Crippen LogP contribution in [0.25, 0.3) is 0 Å². The molecule has 0 aromatic heterocycles. The smallest absolute Gasteiger partial charge is 0.203 e. The molecule has 2 aromatic carbocycles. The molecule has 0 atom stereocenters. The molecule has 0 spiro atoms. The topological polar surface area (TPSA) is 58.9 Å². The number of benzene rings is 2. The molecule has 2 N–H and O–H groups in total. The van der Waals surface area contributed by atoms with Crippen LogP contribution in [0.5, 0.6) is 23.0 Å². The predicted octanol–water partition coefficient (Wildman–Crippen LogP) is 2.90. The van der Waals surface area contributed by atoms with Crippen LogP contribution in [0.2, 0.25) is 0 Å². The Hall–Kier alpha value is -2.36. The van der Waals surface area contributed by atoms with Crippen LogP contribution in [0.4, 0.5) is 0 Å². The van der Waals surface area contributed by atoms with Gasteiger partial charge >= 0.3 is 0 Å². The first kappa shape index (κ1) is 14.1. The van der Waals surface area contributed by atoms with Gasteiger partial charge < -0.3 is 19.7 Å². The molecule has 0 saturated heterocycles. The molecule has 2 rings (SSSR count). The minimum absolute atomic E-state index is 0.0548. The molecule has 0 amide bonds. The molecule has 106 valence electrons. The summed E-state index contributed by atoms with van der Waals surface area (Å²) < 4.78 is 10.3. The summed E-state index contributed by atoms with van der Waals surface area (Å²) in [4.78, 5) is 0. The lowest BCUT2D eigenvalue weighted by atomic mass is 10.0. The van der Waals surface area contributed by atoms with E-state index in [0.717, 1.165) is 11.1 Å². The van der Waals surface area contributed by atoms with Crippen LogP contribution < -0.4 is 9.47 Å². The first-order valence-corrected chi connectivity index (χ1v) is 6.36. The standard InChI is InChI=1S/C16H18O4/c1-19-15-10-11(9-14(18)16(15)20-2)7-8-12-5-3-4-6-13(12)17/h3-6,9-10,17-18H,7-8H2,1-2H3. The van der Waals surface area contributed by atoms with E-state index >= 15 is 0 Å². The van der Waals surface area contributed by atoms with Gasteiger partial charge in [-0.15, -0.1) is 0 Å². The van der Waals surface area contributed by atoms with Crippen LogP contribution >= 0.6 is 0 Å². The van der Waals surface area contributed by atoms with Crippen LogP contribution in [0.3, 0.4) is 0 Å². The van der Waals surface area contributed by atoms with Gasteiger partial charge in [-0.25, -0.2) is 0 Å². The summed E-state index contributed by atoms with van der Waals surface area (Å²) in [7, 11) is 3.02. The van der Waals surface area contributed by atoms with E-state index in [-0.39, 0.29) is 11.5 Å². The van der Waals surface area contributed by atoms with Crippen LogP contribution in [-0.4, -0.2) is 24.4 Å². The van der Waals surface area contributed by atoms with Crippen LogP contribution in [0, 0.1) is 0 Å². The summed E-state index contributed by atoms with van der Waals surface area (Å²) in [5, 5.41) is 19.6. The fourth-order valence-corrected chi connectivity index (χ4v) is 2.15. The number of methoxy groups -OCH3 is 2. The van der Waals surface area contributed by atoms with Crippen LogP contribution in [-0.2, 0) is 12.8 Å². The zero-order valence-corrected chi connectivity index (χ0v) is 11.6. The van der Waals surface area contributed by atoms with Gasteiger partial charge in [0.15, 0.2) is 11.5 Å².